The van der Waals surface area contributed by atoms with Crippen LogP contribution in [0.2, 0.25) is 0 Å². The number of nitrogens with zero attached hydrogens (tertiary/aromatic N) is 2. The zero-order chi connectivity index (χ0) is 42.2. The van der Waals surface area contributed by atoms with Crippen LogP contribution in [0.5, 0.6) is 0 Å². The normalized spacial score (nSPS) is 12.1. The van der Waals surface area contributed by atoms with Crippen molar-refractivity contribution in [3.63, 3.8) is 0 Å². The highest BCUT2D eigenvalue weighted by atomic mass is 32.1. The molecule has 13 rings (SSSR count). The van der Waals surface area contributed by atoms with Gasteiger partial charge in [-0.2, -0.15) is 0 Å². The minimum absolute atomic E-state index is 1.14. The smallest absolute Gasteiger partial charge is 0.179 e. The van der Waals surface area contributed by atoms with Crippen molar-refractivity contribution in [1.82, 2.24) is 9.13 Å². The van der Waals surface area contributed by atoms with Gasteiger partial charge in [-0.15, -0.1) is 11.3 Å². The molecule has 13 aromatic rings. The summed E-state index contributed by atoms with van der Waals surface area (Å²) in [5.41, 5.74) is 9.49. The molecule has 0 amide bonds. The van der Waals surface area contributed by atoms with Crippen LogP contribution < -0.4 is 20.7 Å². The van der Waals surface area contributed by atoms with E-state index in [0.717, 1.165) is 11.4 Å². The van der Waals surface area contributed by atoms with E-state index in [4.69, 9.17) is 0 Å². The van der Waals surface area contributed by atoms with Crippen LogP contribution in [-0.4, -0.2) is 17.2 Å². The fourth-order valence-corrected chi connectivity index (χ4v) is 16.5. The first kappa shape index (κ1) is 36.9. The number of hydrogen-bond acceptors (Lipinski definition) is 1. The molecule has 3 heterocycles. The predicted octanol–water partition coefficient (Wildman–Crippen LogP) is 13.3. The van der Waals surface area contributed by atoms with Crippen molar-refractivity contribution in [2.24, 2.45) is 0 Å². The minimum atomic E-state index is -2.70. The van der Waals surface area contributed by atoms with Crippen LogP contribution in [0.3, 0.4) is 0 Å². The fourth-order valence-electron chi connectivity index (χ4n) is 10.7. The molecule has 0 fully saturated rings. The van der Waals surface area contributed by atoms with Crippen LogP contribution >= 0.6 is 11.3 Å². The topological polar surface area (TPSA) is 9.86 Å². The highest BCUT2D eigenvalue weighted by Crippen LogP contribution is 2.42. The van der Waals surface area contributed by atoms with Crippen LogP contribution in [0, 0.1) is 0 Å². The van der Waals surface area contributed by atoms with Crippen molar-refractivity contribution in [3.8, 4) is 22.5 Å². The van der Waals surface area contributed by atoms with Gasteiger partial charge in [0.1, 0.15) is 0 Å². The van der Waals surface area contributed by atoms with Gasteiger partial charge in [0.25, 0.3) is 0 Å². The molecule has 0 saturated carbocycles. The number of fused-ring (bicyclic) bond motifs is 9. The van der Waals surface area contributed by atoms with E-state index in [1.165, 1.54) is 95.7 Å². The Kier molecular flexibility index (Phi) is 8.45. The Balaban J connectivity index is 1.05. The number of aromatic nitrogens is 2. The lowest BCUT2D eigenvalue weighted by Crippen LogP contribution is -2.74. The molecule has 0 N–H and O–H groups in total. The number of para-hydroxylation sites is 3. The zero-order valence-electron chi connectivity index (χ0n) is 34.9. The molecule has 10 aromatic carbocycles. The van der Waals surface area contributed by atoms with E-state index in [1.54, 1.807) is 0 Å². The largest absolute Gasteiger partial charge is 0.307 e. The summed E-state index contributed by atoms with van der Waals surface area (Å²) in [5.74, 6) is 0. The summed E-state index contributed by atoms with van der Waals surface area (Å²) in [6, 6.07) is 90.5. The van der Waals surface area contributed by atoms with Crippen LogP contribution in [-0.2, 0) is 0 Å². The average molecular weight is 849 g/mol. The summed E-state index contributed by atoms with van der Waals surface area (Å²) < 4.78 is 7.66. The third-order valence-corrected chi connectivity index (χ3v) is 19.4. The number of rotatable bonds is 7. The quantitative estimate of drug-likeness (QED) is 0.112. The van der Waals surface area contributed by atoms with Crippen LogP contribution in [0.15, 0.2) is 243 Å². The molecule has 0 aliphatic rings. The first-order valence-corrected chi connectivity index (χ1v) is 24.8. The van der Waals surface area contributed by atoms with Crippen molar-refractivity contribution in [2.75, 3.05) is 0 Å². The van der Waals surface area contributed by atoms with Gasteiger partial charge in [-0.25, -0.2) is 0 Å². The molecule has 0 spiro atoms. The lowest BCUT2D eigenvalue weighted by molar-refractivity contribution is 1.13. The van der Waals surface area contributed by atoms with Gasteiger partial charge in [0, 0.05) is 47.4 Å². The Morgan fingerprint density at radius 2 is 0.781 bits per heavy atom. The van der Waals surface area contributed by atoms with Crippen molar-refractivity contribution in [1.29, 1.82) is 0 Å². The molecule has 3 aromatic heterocycles. The third kappa shape index (κ3) is 5.50. The van der Waals surface area contributed by atoms with Crippen LogP contribution in [0.4, 0.5) is 0 Å². The summed E-state index contributed by atoms with van der Waals surface area (Å²) in [5, 5.41) is 13.1. The van der Waals surface area contributed by atoms with Gasteiger partial charge in [-0.1, -0.05) is 188 Å². The maximum Gasteiger partial charge on any atom is 0.179 e. The Morgan fingerprint density at radius 3 is 1.45 bits per heavy atom. The molecule has 0 aliphatic carbocycles. The van der Waals surface area contributed by atoms with E-state index in [9.17, 15) is 0 Å². The van der Waals surface area contributed by atoms with E-state index < -0.39 is 8.07 Å². The summed E-state index contributed by atoms with van der Waals surface area (Å²) in [4.78, 5) is 0. The van der Waals surface area contributed by atoms with Crippen LogP contribution in [0.1, 0.15) is 0 Å². The van der Waals surface area contributed by atoms with E-state index in [0.29, 0.717) is 0 Å². The zero-order valence-corrected chi connectivity index (χ0v) is 36.7. The van der Waals surface area contributed by atoms with Crippen molar-refractivity contribution in [2.45, 2.75) is 0 Å². The lowest BCUT2D eigenvalue weighted by atomic mass is 10.0. The molecule has 2 nitrogen and oxygen atoms in total. The van der Waals surface area contributed by atoms with Crippen molar-refractivity contribution >= 4 is 104 Å². The van der Waals surface area contributed by atoms with E-state index in [2.05, 4.69) is 252 Å². The molecular weight excluding hydrogens is 809 g/mol. The molecule has 4 heteroatoms. The van der Waals surface area contributed by atoms with Gasteiger partial charge in [0.15, 0.2) is 8.07 Å². The Bertz CT molecular complexity index is 3790. The van der Waals surface area contributed by atoms with Gasteiger partial charge >= 0.3 is 0 Å². The summed E-state index contributed by atoms with van der Waals surface area (Å²) in [7, 11) is -2.70. The second-order valence-corrected chi connectivity index (χ2v) is 21.7. The van der Waals surface area contributed by atoms with E-state index >= 15 is 0 Å². The maximum atomic E-state index is 2.51. The van der Waals surface area contributed by atoms with Gasteiger partial charge in [0.2, 0.25) is 0 Å². The minimum Gasteiger partial charge on any atom is -0.307 e. The van der Waals surface area contributed by atoms with Gasteiger partial charge in [0.05, 0.1) is 27.8 Å². The molecular formula is C60H40N2SSi. The molecule has 0 unspecified atom stereocenters. The molecule has 0 atom stereocenters. The lowest BCUT2D eigenvalue weighted by Gasteiger charge is -2.34. The number of benzene rings is 10. The van der Waals surface area contributed by atoms with Crippen LogP contribution in [0.25, 0.3) is 86.3 Å². The summed E-state index contributed by atoms with van der Waals surface area (Å²) in [6.45, 7) is 0. The molecule has 64 heavy (non-hydrogen) atoms. The maximum absolute atomic E-state index is 2.70. The third-order valence-electron chi connectivity index (χ3n) is 13.5. The fraction of sp³-hybridized carbons (Fsp3) is 0. The SMILES string of the molecule is c1ccc([Si](c2ccccc2)(c2ccccc2)c2ccc(-n3c4ccccc4c4cccc(-n5c6ccccc6c6ccc(-c7ccc8sc9ccccc9c8c7)cc65)c43)cc2)cc1. The Morgan fingerprint density at radius 1 is 0.297 bits per heavy atom. The molecule has 0 saturated heterocycles. The predicted molar refractivity (Wildman–Crippen MR) is 277 cm³/mol. The number of hydrogen-bond donors (Lipinski definition) is 0. The molecule has 0 radical (unpaired) electrons. The highest BCUT2D eigenvalue weighted by molar-refractivity contribution is 7.25. The monoisotopic (exact) mass is 848 g/mol. The van der Waals surface area contributed by atoms with E-state index in [1.807, 2.05) is 11.3 Å². The Labute approximate surface area is 376 Å². The van der Waals surface area contributed by atoms with Gasteiger partial charge in [-0.05, 0) is 86.5 Å². The highest BCUT2D eigenvalue weighted by Gasteiger charge is 2.41. The molecule has 300 valence electrons. The summed E-state index contributed by atoms with van der Waals surface area (Å²) >= 11 is 1.87. The van der Waals surface area contributed by atoms with Gasteiger partial charge < -0.3 is 9.13 Å². The molecule has 0 aliphatic heterocycles. The second-order valence-electron chi connectivity index (χ2n) is 16.8. The second kappa shape index (κ2) is 14.7. The molecule has 0 bridgehead atoms. The summed E-state index contributed by atoms with van der Waals surface area (Å²) in [6.07, 6.45) is 0. The number of thiophene rings is 1. The van der Waals surface area contributed by atoms with Gasteiger partial charge in [-0.3, -0.25) is 0 Å². The van der Waals surface area contributed by atoms with E-state index in [-0.39, 0.29) is 0 Å². The first-order valence-electron chi connectivity index (χ1n) is 22.0. The van der Waals surface area contributed by atoms with Crippen molar-refractivity contribution < 1.29 is 0 Å². The Hall–Kier alpha value is -7.76. The standard InChI is InChI=1S/C60H40N2SSi/c1-4-17-44(18-5-1)64(45-19-6-2-7-20-45,46-21-8-3-9-22-46)47-35-33-43(34-36-47)61-54-27-13-11-24-49(54)52-26-16-29-56(60(52)61)62-55-28-14-10-23-48(55)50-37-31-42(40-57(50)62)41-32-38-59-53(39-41)51-25-12-15-30-58(51)63-59/h1-40H. The first-order chi connectivity index (χ1) is 31.8. The average Bonchev–Trinajstić information content (AvgIpc) is 4.03. The van der Waals surface area contributed by atoms with Crippen molar-refractivity contribution in [3.05, 3.63) is 243 Å².